The molecule has 0 fully saturated rings. The lowest BCUT2D eigenvalue weighted by Crippen LogP contribution is -2.27. The molecule has 178 valence electrons. The normalized spacial score (nSPS) is 14.2. The van der Waals surface area contributed by atoms with Crippen LogP contribution in [0.5, 0.6) is 0 Å². The Morgan fingerprint density at radius 2 is 0.969 bits per heavy atom. The van der Waals surface area contributed by atoms with E-state index in [1.807, 2.05) is 0 Å². The fourth-order valence-corrected chi connectivity index (χ4v) is 5.47. The van der Waals surface area contributed by atoms with Crippen LogP contribution in [0.1, 0.15) is 52.4 Å². The van der Waals surface area contributed by atoms with Crippen molar-refractivity contribution in [2.45, 2.75) is 62.2 Å². The highest BCUT2D eigenvalue weighted by molar-refractivity contribution is 7.87. The minimum atomic E-state index is -3.88. The van der Waals surface area contributed by atoms with Crippen LogP contribution >= 0.6 is 0 Å². The summed E-state index contributed by atoms with van der Waals surface area (Å²) in [5.74, 6) is -0.267. The molecule has 0 spiro atoms. The predicted molar refractivity (Wildman–Crippen MR) is 125 cm³/mol. The predicted octanol–water partition coefficient (Wildman–Crippen LogP) is 5.41. The second-order valence-electron chi connectivity index (χ2n) is 7.91. The van der Waals surface area contributed by atoms with Crippen molar-refractivity contribution in [2.24, 2.45) is 11.8 Å². The lowest BCUT2D eigenvalue weighted by molar-refractivity contribution is 0.130. The van der Waals surface area contributed by atoms with E-state index in [0.717, 1.165) is 38.5 Å². The van der Waals surface area contributed by atoms with Crippen molar-refractivity contribution in [3.05, 3.63) is 60.7 Å². The van der Waals surface area contributed by atoms with Crippen LogP contribution in [-0.4, -0.2) is 30.0 Å². The molecule has 0 saturated heterocycles. The Labute approximate surface area is 193 Å². The summed E-state index contributed by atoms with van der Waals surface area (Å²) in [5.41, 5.74) is 0. The van der Waals surface area contributed by atoms with Crippen LogP contribution in [-0.2, 0) is 28.6 Å². The van der Waals surface area contributed by atoms with E-state index >= 15 is 0 Å². The third-order valence-electron chi connectivity index (χ3n) is 5.46. The molecule has 2 rings (SSSR count). The van der Waals surface area contributed by atoms with Gasteiger partial charge in [-0.3, -0.25) is 8.37 Å². The molecule has 2 atom stereocenters. The standard InChI is InChI=1S/C24H34O6S2/c1-3-5-13-21(19-29-31(25,26)23-15-9-7-10-16-23)22(14-6-4-2)20-30-32(27,28)24-17-11-8-12-18-24/h7-12,15-18,21-22H,3-6,13-14,19-20H2,1-2H3. The molecule has 32 heavy (non-hydrogen) atoms. The Bertz CT molecular complexity index is 906. The Hall–Kier alpha value is -1.74. The zero-order valence-corrected chi connectivity index (χ0v) is 20.5. The van der Waals surface area contributed by atoms with E-state index < -0.39 is 20.2 Å². The van der Waals surface area contributed by atoms with Gasteiger partial charge in [0.1, 0.15) is 0 Å². The highest BCUT2D eigenvalue weighted by atomic mass is 32.2. The highest BCUT2D eigenvalue weighted by Gasteiger charge is 2.27. The van der Waals surface area contributed by atoms with Crippen molar-refractivity contribution >= 4 is 20.2 Å². The minimum absolute atomic E-state index is 0.000350. The van der Waals surface area contributed by atoms with Gasteiger partial charge in [-0.25, -0.2) is 0 Å². The van der Waals surface area contributed by atoms with Gasteiger partial charge in [0, 0.05) is 0 Å². The van der Waals surface area contributed by atoms with E-state index in [9.17, 15) is 16.8 Å². The van der Waals surface area contributed by atoms with E-state index in [4.69, 9.17) is 8.37 Å². The van der Waals surface area contributed by atoms with Gasteiger partial charge in [-0.05, 0) is 48.9 Å². The average molecular weight is 483 g/mol. The number of hydrogen-bond donors (Lipinski definition) is 0. The van der Waals surface area contributed by atoms with Gasteiger partial charge in [-0.1, -0.05) is 75.9 Å². The van der Waals surface area contributed by atoms with E-state index in [0.29, 0.717) is 0 Å². The lowest BCUT2D eigenvalue weighted by atomic mass is 9.85. The van der Waals surface area contributed by atoms with Gasteiger partial charge in [-0.2, -0.15) is 16.8 Å². The number of rotatable bonds is 15. The second-order valence-corrected chi connectivity index (χ2v) is 11.1. The first kappa shape index (κ1) is 26.5. The van der Waals surface area contributed by atoms with Crippen LogP contribution < -0.4 is 0 Å². The second kappa shape index (κ2) is 13.1. The Balaban J connectivity index is 2.14. The van der Waals surface area contributed by atoms with E-state index in [-0.39, 0.29) is 34.8 Å². The Morgan fingerprint density at radius 1 is 0.625 bits per heavy atom. The van der Waals surface area contributed by atoms with Gasteiger partial charge < -0.3 is 0 Å². The van der Waals surface area contributed by atoms with Gasteiger partial charge in [-0.15, -0.1) is 0 Å². The van der Waals surface area contributed by atoms with Crippen molar-refractivity contribution in [2.75, 3.05) is 13.2 Å². The van der Waals surface area contributed by atoms with Crippen LogP contribution in [0.3, 0.4) is 0 Å². The molecule has 0 saturated carbocycles. The Kier molecular flexibility index (Phi) is 10.8. The SMILES string of the molecule is CCCCC(COS(=O)(=O)c1ccccc1)C(CCCC)COS(=O)(=O)c1ccccc1. The summed E-state index contributed by atoms with van der Waals surface area (Å²) >= 11 is 0. The molecule has 0 amide bonds. The van der Waals surface area contributed by atoms with Crippen LogP contribution in [0.4, 0.5) is 0 Å². The molecule has 0 aromatic heterocycles. The topological polar surface area (TPSA) is 86.7 Å². The maximum Gasteiger partial charge on any atom is 0.296 e. The minimum Gasteiger partial charge on any atom is -0.266 e. The van der Waals surface area contributed by atoms with Crippen molar-refractivity contribution < 1.29 is 25.2 Å². The Morgan fingerprint density at radius 3 is 1.28 bits per heavy atom. The summed E-state index contributed by atoms with van der Waals surface area (Å²) < 4.78 is 61.2. The third-order valence-corrected chi connectivity index (χ3v) is 8.05. The highest BCUT2D eigenvalue weighted by Crippen LogP contribution is 2.28. The summed E-state index contributed by atoms with van der Waals surface area (Å²) in [7, 11) is -7.76. The maximum atomic E-state index is 12.6. The summed E-state index contributed by atoms with van der Waals surface area (Å²) in [5, 5.41) is 0. The maximum absolute atomic E-state index is 12.6. The summed E-state index contributed by atoms with van der Waals surface area (Å²) in [6.07, 6.45) is 5.17. The first-order valence-corrected chi connectivity index (χ1v) is 14.0. The van der Waals surface area contributed by atoms with Crippen LogP contribution in [0.15, 0.2) is 70.5 Å². The molecule has 0 bridgehead atoms. The molecule has 0 aliphatic heterocycles. The first-order chi connectivity index (χ1) is 15.3. The monoisotopic (exact) mass is 482 g/mol. The molecule has 0 N–H and O–H groups in total. The summed E-state index contributed by atoms with van der Waals surface area (Å²) in [6, 6.07) is 16.1. The number of unbranched alkanes of at least 4 members (excludes halogenated alkanes) is 2. The molecule has 2 aromatic carbocycles. The molecule has 2 unspecified atom stereocenters. The molecule has 2 aromatic rings. The zero-order chi connectivity index (χ0) is 23.5. The van der Waals surface area contributed by atoms with Gasteiger partial charge in [0.25, 0.3) is 20.2 Å². The fraction of sp³-hybridized carbons (Fsp3) is 0.500. The third kappa shape index (κ3) is 8.31. The van der Waals surface area contributed by atoms with Gasteiger partial charge in [0.15, 0.2) is 0 Å². The molecule has 6 nitrogen and oxygen atoms in total. The van der Waals surface area contributed by atoms with Gasteiger partial charge in [0.05, 0.1) is 23.0 Å². The molecule has 0 radical (unpaired) electrons. The smallest absolute Gasteiger partial charge is 0.266 e. The summed E-state index contributed by atoms with van der Waals surface area (Å²) in [4.78, 5) is 0.226. The molecular formula is C24H34O6S2. The van der Waals surface area contributed by atoms with Crippen LogP contribution in [0.25, 0.3) is 0 Å². The molecule has 0 aliphatic rings. The molecule has 0 aliphatic carbocycles. The first-order valence-electron chi connectivity index (χ1n) is 11.2. The number of hydrogen-bond acceptors (Lipinski definition) is 6. The average Bonchev–Trinajstić information content (AvgIpc) is 2.81. The van der Waals surface area contributed by atoms with E-state index in [2.05, 4.69) is 13.8 Å². The van der Waals surface area contributed by atoms with Crippen molar-refractivity contribution in [3.8, 4) is 0 Å². The van der Waals surface area contributed by atoms with Gasteiger partial charge in [0.2, 0.25) is 0 Å². The molecule has 0 heterocycles. The van der Waals surface area contributed by atoms with Crippen molar-refractivity contribution in [3.63, 3.8) is 0 Å². The summed E-state index contributed by atoms with van der Waals surface area (Å²) in [6.45, 7) is 4.13. The molecule has 8 heteroatoms. The molecular weight excluding hydrogens is 448 g/mol. The van der Waals surface area contributed by atoms with E-state index in [1.165, 1.54) is 24.3 Å². The lowest BCUT2D eigenvalue weighted by Gasteiger charge is -2.27. The van der Waals surface area contributed by atoms with Crippen molar-refractivity contribution in [1.29, 1.82) is 0 Å². The van der Waals surface area contributed by atoms with Crippen LogP contribution in [0.2, 0.25) is 0 Å². The fourth-order valence-electron chi connectivity index (χ4n) is 3.51. The largest absolute Gasteiger partial charge is 0.296 e. The van der Waals surface area contributed by atoms with Crippen molar-refractivity contribution in [1.82, 2.24) is 0 Å². The zero-order valence-electron chi connectivity index (χ0n) is 18.9. The quantitative estimate of drug-likeness (QED) is 0.316. The van der Waals surface area contributed by atoms with Crippen LogP contribution in [0, 0.1) is 11.8 Å². The van der Waals surface area contributed by atoms with Gasteiger partial charge >= 0.3 is 0 Å². The van der Waals surface area contributed by atoms with E-state index in [1.54, 1.807) is 36.4 Å². The number of benzene rings is 2.